The van der Waals surface area contributed by atoms with Crippen molar-refractivity contribution in [2.24, 2.45) is 0 Å². The van der Waals surface area contributed by atoms with Crippen LogP contribution in [0.25, 0.3) is 0 Å². The van der Waals surface area contributed by atoms with Gasteiger partial charge in [-0.05, 0) is 42.8 Å². The average Bonchev–Trinajstić information content (AvgIpc) is 2.82. The van der Waals surface area contributed by atoms with Gasteiger partial charge in [0.2, 0.25) is 5.91 Å². The summed E-state index contributed by atoms with van der Waals surface area (Å²) in [5, 5.41) is 12.7. The molecule has 0 fully saturated rings. The van der Waals surface area contributed by atoms with Crippen LogP contribution in [0.3, 0.4) is 0 Å². The molecule has 0 aliphatic rings. The molecule has 1 amide bonds. The number of hydrogen-bond donors (Lipinski definition) is 2. The van der Waals surface area contributed by atoms with E-state index in [9.17, 15) is 14.7 Å². The molecule has 0 saturated carbocycles. The summed E-state index contributed by atoms with van der Waals surface area (Å²) >= 11 is 6.15. The molecule has 0 unspecified atom stereocenters. The summed E-state index contributed by atoms with van der Waals surface area (Å²) in [6, 6.07) is 14.2. The van der Waals surface area contributed by atoms with Crippen LogP contribution in [0.1, 0.15) is 22.6 Å². The predicted molar refractivity (Wildman–Crippen MR) is 125 cm³/mol. The number of carbonyl (C=O) groups excluding carboxylic acids is 1. The van der Waals surface area contributed by atoms with Gasteiger partial charge in [-0.2, -0.15) is 0 Å². The topological polar surface area (TPSA) is 103 Å². The SMILES string of the molecule is COc1ccc(OCc2nc(C)c(CCO)c(=O)n2CC(=O)NCc2ccccc2Cl)cc1. The van der Waals surface area contributed by atoms with E-state index < -0.39 is 0 Å². The van der Waals surface area contributed by atoms with Gasteiger partial charge in [-0.1, -0.05) is 29.8 Å². The third-order valence-electron chi connectivity index (χ3n) is 5.07. The van der Waals surface area contributed by atoms with Gasteiger partial charge < -0.3 is 19.9 Å². The molecule has 33 heavy (non-hydrogen) atoms. The molecule has 0 spiro atoms. The van der Waals surface area contributed by atoms with Crippen LogP contribution >= 0.6 is 11.6 Å². The van der Waals surface area contributed by atoms with Gasteiger partial charge in [0.05, 0.1) is 7.11 Å². The Labute approximate surface area is 196 Å². The van der Waals surface area contributed by atoms with Crippen LogP contribution in [0.4, 0.5) is 0 Å². The lowest BCUT2D eigenvalue weighted by Gasteiger charge is -2.16. The molecule has 3 aromatic rings. The highest BCUT2D eigenvalue weighted by Crippen LogP contribution is 2.18. The minimum absolute atomic E-state index is 0.0143. The Balaban J connectivity index is 1.80. The Bertz CT molecular complexity index is 1160. The zero-order chi connectivity index (χ0) is 23.8. The van der Waals surface area contributed by atoms with Gasteiger partial charge in [-0.15, -0.1) is 0 Å². The van der Waals surface area contributed by atoms with E-state index in [1.807, 2.05) is 18.2 Å². The van der Waals surface area contributed by atoms with Crippen molar-refractivity contribution < 1.29 is 19.4 Å². The number of aryl methyl sites for hydroxylation is 1. The number of nitrogens with zero attached hydrogens (tertiary/aromatic N) is 2. The molecule has 2 aromatic carbocycles. The molecule has 0 aliphatic heterocycles. The van der Waals surface area contributed by atoms with E-state index in [1.165, 1.54) is 4.57 Å². The van der Waals surface area contributed by atoms with Gasteiger partial charge in [0, 0.05) is 35.9 Å². The van der Waals surface area contributed by atoms with E-state index in [2.05, 4.69) is 10.3 Å². The number of amides is 1. The van der Waals surface area contributed by atoms with Crippen molar-refractivity contribution in [3.05, 3.63) is 86.6 Å². The first-order valence-electron chi connectivity index (χ1n) is 10.4. The summed E-state index contributed by atoms with van der Waals surface area (Å²) in [7, 11) is 1.58. The predicted octanol–water partition coefficient (Wildman–Crippen LogP) is 2.64. The molecule has 0 saturated heterocycles. The lowest BCUT2D eigenvalue weighted by atomic mass is 10.1. The zero-order valence-electron chi connectivity index (χ0n) is 18.5. The lowest BCUT2D eigenvalue weighted by Crippen LogP contribution is -2.37. The Morgan fingerprint density at radius 2 is 1.85 bits per heavy atom. The van der Waals surface area contributed by atoms with Crippen LogP contribution in [0.15, 0.2) is 53.3 Å². The molecule has 174 valence electrons. The van der Waals surface area contributed by atoms with Crippen molar-refractivity contribution >= 4 is 17.5 Å². The Morgan fingerprint density at radius 1 is 1.15 bits per heavy atom. The summed E-state index contributed by atoms with van der Waals surface area (Å²) in [6.07, 6.45) is 0.151. The van der Waals surface area contributed by atoms with E-state index in [4.69, 9.17) is 21.1 Å². The van der Waals surface area contributed by atoms with E-state index in [-0.39, 0.29) is 44.2 Å². The van der Waals surface area contributed by atoms with E-state index >= 15 is 0 Å². The van der Waals surface area contributed by atoms with Crippen molar-refractivity contribution in [2.45, 2.75) is 33.0 Å². The quantitative estimate of drug-likeness (QED) is 0.471. The number of halogens is 1. The van der Waals surface area contributed by atoms with Crippen molar-refractivity contribution in [2.75, 3.05) is 13.7 Å². The number of aliphatic hydroxyl groups is 1. The lowest BCUT2D eigenvalue weighted by molar-refractivity contribution is -0.121. The molecule has 0 aliphatic carbocycles. The average molecular weight is 472 g/mol. The van der Waals surface area contributed by atoms with Crippen molar-refractivity contribution in [3.63, 3.8) is 0 Å². The highest BCUT2D eigenvalue weighted by Gasteiger charge is 2.17. The number of nitrogens with one attached hydrogen (secondary N) is 1. The second-order valence-electron chi connectivity index (χ2n) is 7.29. The largest absolute Gasteiger partial charge is 0.497 e. The molecule has 1 aromatic heterocycles. The minimum Gasteiger partial charge on any atom is -0.497 e. The molecule has 0 radical (unpaired) electrons. The fourth-order valence-corrected chi connectivity index (χ4v) is 3.49. The number of aromatic nitrogens is 2. The maximum Gasteiger partial charge on any atom is 0.257 e. The smallest absolute Gasteiger partial charge is 0.257 e. The highest BCUT2D eigenvalue weighted by molar-refractivity contribution is 6.31. The molecule has 3 rings (SSSR count). The zero-order valence-corrected chi connectivity index (χ0v) is 19.3. The van der Waals surface area contributed by atoms with Gasteiger partial charge >= 0.3 is 0 Å². The molecule has 0 bridgehead atoms. The van der Waals surface area contributed by atoms with Crippen LogP contribution in [-0.4, -0.2) is 34.3 Å². The summed E-state index contributed by atoms with van der Waals surface area (Å²) in [5.74, 6) is 1.19. The second kappa shape index (κ2) is 11.5. The summed E-state index contributed by atoms with van der Waals surface area (Å²) in [6.45, 7) is 1.48. The standard InChI is InChI=1S/C24H26ClN3O5/c1-16-20(11-12-29)24(31)28(14-23(30)26-13-17-5-3-4-6-21(17)25)22(27-16)15-33-19-9-7-18(32-2)8-10-19/h3-10,29H,11-15H2,1-2H3,(H,26,30). The summed E-state index contributed by atoms with van der Waals surface area (Å²) < 4.78 is 12.2. The van der Waals surface area contributed by atoms with Gasteiger partial charge in [0.1, 0.15) is 30.5 Å². The normalized spacial score (nSPS) is 10.7. The van der Waals surface area contributed by atoms with Gasteiger partial charge in [-0.25, -0.2) is 4.98 Å². The van der Waals surface area contributed by atoms with E-state index in [1.54, 1.807) is 44.4 Å². The molecule has 2 N–H and O–H groups in total. The maximum absolute atomic E-state index is 13.1. The third-order valence-corrected chi connectivity index (χ3v) is 5.44. The van der Waals surface area contributed by atoms with Crippen LogP contribution in [-0.2, 0) is 30.9 Å². The highest BCUT2D eigenvalue weighted by atomic mass is 35.5. The van der Waals surface area contributed by atoms with Crippen LogP contribution in [0.2, 0.25) is 5.02 Å². The summed E-state index contributed by atoms with van der Waals surface area (Å²) in [5.41, 5.74) is 1.25. The molecular weight excluding hydrogens is 446 g/mol. The second-order valence-corrected chi connectivity index (χ2v) is 7.70. The Kier molecular flexibility index (Phi) is 8.46. The van der Waals surface area contributed by atoms with Crippen molar-refractivity contribution in [1.29, 1.82) is 0 Å². The Hall–Kier alpha value is -3.36. The number of rotatable bonds is 10. The fraction of sp³-hybridized carbons (Fsp3) is 0.292. The van der Waals surface area contributed by atoms with Crippen LogP contribution < -0.4 is 20.3 Å². The Morgan fingerprint density at radius 3 is 2.52 bits per heavy atom. The number of benzene rings is 2. The molecule has 0 atom stereocenters. The third kappa shape index (κ3) is 6.34. The molecular formula is C24H26ClN3O5. The minimum atomic E-state index is -0.377. The van der Waals surface area contributed by atoms with Crippen molar-refractivity contribution in [3.8, 4) is 11.5 Å². The molecule has 9 heteroatoms. The monoisotopic (exact) mass is 471 g/mol. The molecule has 1 heterocycles. The summed E-state index contributed by atoms with van der Waals surface area (Å²) in [4.78, 5) is 30.2. The first-order valence-corrected chi connectivity index (χ1v) is 10.8. The fourth-order valence-electron chi connectivity index (χ4n) is 3.28. The van der Waals surface area contributed by atoms with E-state index in [0.29, 0.717) is 33.6 Å². The van der Waals surface area contributed by atoms with Crippen molar-refractivity contribution in [1.82, 2.24) is 14.9 Å². The van der Waals surface area contributed by atoms with Gasteiger partial charge in [0.15, 0.2) is 0 Å². The van der Waals surface area contributed by atoms with Gasteiger partial charge in [0.25, 0.3) is 5.56 Å². The first kappa shape index (κ1) is 24.3. The van der Waals surface area contributed by atoms with Crippen LogP contribution in [0, 0.1) is 6.92 Å². The van der Waals surface area contributed by atoms with Crippen LogP contribution in [0.5, 0.6) is 11.5 Å². The number of ether oxygens (including phenoxy) is 2. The number of carbonyl (C=O) groups is 1. The maximum atomic E-state index is 13.1. The molecule has 8 nitrogen and oxygen atoms in total. The van der Waals surface area contributed by atoms with Gasteiger partial charge in [-0.3, -0.25) is 14.2 Å². The number of aliphatic hydroxyl groups excluding tert-OH is 1. The number of hydrogen-bond acceptors (Lipinski definition) is 6. The first-order chi connectivity index (χ1) is 15.9. The van der Waals surface area contributed by atoms with E-state index in [0.717, 1.165) is 5.56 Å². The number of methoxy groups -OCH3 is 1.